The van der Waals surface area contributed by atoms with Crippen LogP contribution in [0.5, 0.6) is 5.75 Å². The van der Waals surface area contributed by atoms with E-state index >= 15 is 0 Å². The van der Waals surface area contributed by atoms with Gasteiger partial charge in [-0.15, -0.1) is 0 Å². The van der Waals surface area contributed by atoms with Crippen molar-refractivity contribution in [1.82, 2.24) is 0 Å². The van der Waals surface area contributed by atoms with Crippen LogP contribution in [0.2, 0.25) is 0 Å². The van der Waals surface area contributed by atoms with Gasteiger partial charge in [0.25, 0.3) is 0 Å². The Morgan fingerprint density at radius 3 is 2.60 bits per heavy atom. The second kappa shape index (κ2) is 6.91. The maximum absolute atomic E-state index is 11.8. The molecule has 3 nitrogen and oxygen atoms in total. The van der Waals surface area contributed by atoms with E-state index in [9.17, 15) is 4.79 Å². The van der Waals surface area contributed by atoms with E-state index < -0.39 is 0 Å². The van der Waals surface area contributed by atoms with Gasteiger partial charge >= 0.3 is 0 Å². The molecule has 0 saturated carbocycles. The molecular formula is C16H14BrNO2. The van der Waals surface area contributed by atoms with Crippen LogP contribution in [-0.2, 0) is 4.79 Å². The summed E-state index contributed by atoms with van der Waals surface area (Å²) in [5.41, 5.74) is 1.69. The molecule has 0 bridgehead atoms. The molecule has 0 heterocycles. The van der Waals surface area contributed by atoms with Gasteiger partial charge in [0.1, 0.15) is 5.75 Å². The SMILES string of the molecule is COc1ccc(/C=C/C(=O)Nc2ccccc2)cc1Br. The zero-order chi connectivity index (χ0) is 14.4. The number of anilines is 1. The number of halogens is 1. The first-order chi connectivity index (χ1) is 9.69. The van der Waals surface area contributed by atoms with Crippen LogP contribution in [0.3, 0.4) is 0 Å². The number of nitrogens with one attached hydrogen (secondary N) is 1. The highest BCUT2D eigenvalue weighted by atomic mass is 79.9. The number of carbonyl (C=O) groups is 1. The van der Waals surface area contributed by atoms with Crippen molar-refractivity contribution >= 4 is 33.6 Å². The van der Waals surface area contributed by atoms with Crippen LogP contribution in [0.1, 0.15) is 5.56 Å². The molecule has 0 atom stereocenters. The first-order valence-electron chi connectivity index (χ1n) is 6.06. The minimum atomic E-state index is -0.164. The third-order valence-corrected chi connectivity index (χ3v) is 3.26. The van der Waals surface area contributed by atoms with Crippen molar-refractivity contribution in [3.8, 4) is 5.75 Å². The van der Waals surface area contributed by atoms with E-state index in [1.165, 1.54) is 6.08 Å². The van der Waals surface area contributed by atoms with E-state index in [-0.39, 0.29) is 5.91 Å². The number of rotatable bonds is 4. The zero-order valence-electron chi connectivity index (χ0n) is 11.0. The molecule has 0 aliphatic rings. The van der Waals surface area contributed by atoms with E-state index in [2.05, 4.69) is 21.2 Å². The van der Waals surface area contributed by atoms with Gasteiger partial charge in [0.2, 0.25) is 5.91 Å². The van der Waals surface area contributed by atoms with Gasteiger partial charge in [-0.05, 0) is 51.8 Å². The third-order valence-electron chi connectivity index (χ3n) is 2.64. The van der Waals surface area contributed by atoms with Gasteiger partial charge in [-0.2, -0.15) is 0 Å². The number of methoxy groups -OCH3 is 1. The minimum absolute atomic E-state index is 0.164. The highest BCUT2D eigenvalue weighted by Gasteiger charge is 2.00. The lowest BCUT2D eigenvalue weighted by molar-refractivity contribution is -0.111. The van der Waals surface area contributed by atoms with Gasteiger partial charge in [0, 0.05) is 11.8 Å². The fraction of sp³-hybridized carbons (Fsp3) is 0.0625. The van der Waals surface area contributed by atoms with Gasteiger partial charge in [-0.25, -0.2) is 0 Å². The van der Waals surface area contributed by atoms with Crippen LogP contribution >= 0.6 is 15.9 Å². The van der Waals surface area contributed by atoms with Gasteiger partial charge in [0.05, 0.1) is 11.6 Å². The van der Waals surface area contributed by atoms with Crippen molar-refractivity contribution in [2.45, 2.75) is 0 Å². The number of hydrogen-bond acceptors (Lipinski definition) is 2. The maximum atomic E-state index is 11.8. The van der Waals surface area contributed by atoms with Crippen molar-refractivity contribution in [1.29, 1.82) is 0 Å². The second-order valence-corrected chi connectivity index (χ2v) is 4.94. The summed E-state index contributed by atoms with van der Waals surface area (Å²) in [4.78, 5) is 11.8. The molecule has 0 fully saturated rings. The third kappa shape index (κ3) is 3.96. The van der Waals surface area contributed by atoms with Crippen molar-refractivity contribution in [3.63, 3.8) is 0 Å². The normalized spacial score (nSPS) is 10.5. The van der Waals surface area contributed by atoms with Gasteiger partial charge in [-0.3, -0.25) is 4.79 Å². The molecule has 2 rings (SSSR count). The Kier molecular flexibility index (Phi) is 4.96. The fourth-order valence-electron chi connectivity index (χ4n) is 1.66. The molecule has 20 heavy (non-hydrogen) atoms. The Labute approximate surface area is 126 Å². The largest absolute Gasteiger partial charge is 0.496 e. The van der Waals surface area contributed by atoms with Crippen molar-refractivity contribution in [2.75, 3.05) is 12.4 Å². The number of hydrogen-bond donors (Lipinski definition) is 1. The van der Waals surface area contributed by atoms with Gasteiger partial charge in [-0.1, -0.05) is 24.3 Å². The van der Waals surface area contributed by atoms with Crippen molar-refractivity contribution in [3.05, 3.63) is 64.6 Å². The van der Waals surface area contributed by atoms with Crippen molar-refractivity contribution in [2.24, 2.45) is 0 Å². The van der Waals surface area contributed by atoms with Crippen molar-refractivity contribution < 1.29 is 9.53 Å². The summed E-state index contributed by atoms with van der Waals surface area (Å²) in [5, 5.41) is 2.79. The molecule has 0 aliphatic carbocycles. The molecule has 4 heteroatoms. The number of carbonyl (C=O) groups excluding carboxylic acids is 1. The Balaban J connectivity index is 2.02. The molecule has 2 aromatic rings. The smallest absolute Gasteiger partial charge is 0.248 e. The van der Waals surface area contributed by atoms with Crippen LogP contribution in [-0.4, -0.2) is 13.0 Å². The average molecular weight is 332 g/mol. The predicted molar refractivity (Wildman–Crippen MR) is 84.8 cm³/mol. The van der Waals surface area contributed by atoms with E-state index in [1.54, 1.807) is 13.2 Å². The minimum Gasteiger partial charge on any atom is -0.496 e. The standard InChI is InChI=1S/C16H14BrNO2/c1-20-15-9-7-12(11-14(15)17)8-10-16(19)18-13-5-3-2-4-6-13/h2-11H,1H3,(H,18,19)/b10-8+. The van der Waals surface area contributed by atoms with E-state index in [4.69, 9.17) is 4.74 Å². The fourth-order valence-corrected chi connectivity index (χ4v) is 2.22. The Hall–Kier alpha value is -2.07. The average Bonchev–Trinajstić information content (AvgIpc) is 2.46. The topological polar surface area (TPSA) is 38.3 Å². The molecule has 102 valence electrons. The van der Waals surface area contributed by atoms with Gasteiger partial charge in [0.15, 0.2) is 0 Å². The predicted octanol–water partition coefficient (Wildman–Crippen LogP) is 4.11. The summed E-state index contributed by atoms with van der Waals surface area (Å²) in [6.45, 7) is 0. The maximum Gasteiger partial charge on any atom is 0.248 e. The Morgan fingerprint density at radius 1 is 1.20 bits per heavy atom. The van der Waals surface area contributed by atoms with Crippen LogP contribution in [0, 0.1) is 0 Å². The molecule has 0 radical (unpaired) electrons. The number of amides is 1. The quantitative estimate of drug-likeness (QED) is 0.856. The Morgan fingerprint density at radius 2 is 1.95 bits per heavy atom. The molecular weight excluding hydrogens is 318 g/mol. The summed E-state index contributed by atoms with van der Waals surface area (Å²) in [7, 11) is 1.61. The monoisotopic (exact) mass is 331 g/mol. The zero-order valence-corrected chi connectivity index (χ0v) is 12.6. The first-order valence-corrected chi connectivity index (χ1v) is 6.86. The van der Waals surface area contributed by atoms with Crippen LogP contribution < -0.4 is 10.1 Å². The number of ether oxygens (including phenoxy) is 1. The number of para-hydroxylation sites is 1. The molecule has 0 saturated heterocycles. The molecule has 1 amide bonds. The first kappa shape index (κ1) is 14.3. The molecule has 0 aromatic heterocycles. The highest BCUT2D eigenvalue weighted by molar-refractivity contribution is 9.10. The summed E-state index contributed by atoms with van der Waals surface area (Å²) in [6, 6.07) is 15.0. The summed E-state index contributed by atoms with van der Waals surface area (Å²) in [5.74, 6) is 0.596. The highest BCUT2D eigenvalue weighted by Crippen LogP contribution is 2.25. The lowest BCUT2D eigenvalue weighted by Gasteiger charge is -2.03. The molecule has 2 aromatic carbocycles. The summed E-state index contributed by atoms with van der Waals surface area (Å²) in [6.07, 6.45) is 3.25. The van der Waals surface area contributed by atoms with Crippen LogP contribution in [0.4, 0.5) is 5.69 Å². The molecule has 0 unspecified atom stereocenters. The molecule has 0 spiro atoms. The summed E-state index contributed by atoms with van der Waals surface area (Å²) < 4.78 is 6.01. The molecule has 1 N–H and O–H groups in total. The number of benzene rings is 2. The van der Waals surface area contributed by atoms with Gasteiger partial charge < -0.3 is 10.1 Å². The lowest BCUT2D eigenvalue weighted by atomic mass is 10.2. The Bertz CT molecular complexity index is 624. The second-order valence-electron chi connectivity index (χ2n) is 4.08. The van der Waals surface area contributed by atoms with Crippen LogP contribution in [0.25, 0.3) is 6.08 Å². The van der Waals surface area contributed by atoms with E-state index in [0.29, 0.717) is 0 Å². The van der Waals surface area contributed by atoms with E-state index in [1.807, 2.05) is 48.5 Å². The van der Waals surface area contributed by atoms with E-state index in [0.717, 1.165) is 21.5 Å². The molecule has 0 aliphatic heterocycles. The lowest BCUT2D eigenvalue weighted by Crippen LogP contribution is -2.07. The van der Waals surface area contributed by atoms with Crippen LogP contribution in [0.15, 0.2) is 59.1 Å². The summed E-state index contributed by atoms with van der Waals surface area (Å²) >= 11 is 3.41.